The first-order valence-electron chi connectivity index (χ1n) is 5.14. The second-order valence-electron chi connectivity index (χ2n) is 3.98. The van der Waals surface area contributed by atoms with Crippen LogP contribution in [-0.2, 0) is 0 Å². The number of hydrogen-bond acceptors (Lipinski definition) is 1. The van der Waals surface area contributed by atoms with Gasteiger partial charge in [-0.2, -0.15) is 0 Å². The molecule has 0 saturated heterocycles. The third-order valence-electron chi connectivity index (χ3n) is 2.12. The standard InChI is InChI=1S/C12H19N3/c1-9(2)14-12(13)15(4)11-7-5-6-10(3)8-11/h5-9H,1-4H3,(H2,13,14). The number of aryl methyl sites for hydroxylation is 1. The van der Waals surface area contributed by atoms with Gasteiger partial charge in [0.1, 0.15) is 0 Å². The fourth-order valence-electron chi connectivity index (χ4n) is 1.32. The van der Waals surface area contributed by atoms with Crippen LogP contribution in [0, 0.1) is 6.92 Å². The fraction of sp³-hybridized carbons (Fsp3) is 0.417. The second kappa shape index (κ2) is 4.82. The van der Waals surface area contributed by atoms with Gasteiger partial charge >= 0.3 is 0 Å². The van der Waals surface area contributed by atoms with Crippen molar-refractivity contribution in [1.82, 2.24) is 0 Å². The van der Waals surface area contributed by atoms with E-state index in [9.17, 15) is 0 Å². The second-order valence-corrected chi connectivity index (χ2v) is 3.98. The van der Waals surface area contributed by atoms with Crippen molar-refractivity contribution >= 4 is 11.6 Å². The average molecular weight is 205 g/mol. The summed E-state index contributed by atoms with van der Waals surface area (Å²) < 4.78 is 0. The van der Waals surface area contributed by atoms with Gasteiger partial charge in [-0.05, 0) is 38.5 Å². The maximum atomic E-state index is 5.88. The largest absolute Gasteiger partial charge is 0.370 e. The van der Waals surface area contributed by atoms with E-state index in [-0.39, 0.29) is 6.04 Å². The third-order valence-corrected chi connectivity index (χ3v) is 2.12. The van der Waals surface area contributed by atoms with Crippen LogP contribution in [0.4, 0.5) is 5.69 Å². The van der Waals surface area contributed by atoms with Crippen molar-refractivity contribution in [3.05, 3.63) is 29.8 Å². The van der Waals surface area contributed by atoms with E-state index in [2.05, 4.69) is 24.0 Å². The topological polar surface area (TPSA) is 41.6 Å². The number of benzene rings is 1. The maximum Gasteiger partial charge on any atom is 0.195 e. The molecule has 1 aromatic rings. The Balaban J connectivity index is 2.89. The third kappa shape index (κ3) is 3.27. The number of guanidine groups is 1. The van der Waals surface area contributed by atoms with Gasteiger partial charge in [0, 0.05) is 18.8 Å². The summed E-state index contributed by atoms with van der Waals surface area (Å²) in [5.74, 6) is 0.551. The van der Waals surface area contributed by atoms with Gasteiger partial charge in [-0.15, -0.1) is 0 Å². The Labute approximate surface area is 91.6 Å². The van der Waals surface area contributed by atoms with Gasteiger partial charge in [-0.1, -0.05) is 12.1 Å². The highest BCUT2D eigenvalue weighted by Crippen LogP contribution is 2.13. The monoisotopic (exact) mass is 205 g/mol. The molecule has 0 fully saturated rings. The van der Waals surface area contributed by atoms with Crippen LogP contribution in [0.2, 0.25) is 0 Å². The Morgan fingerprint density at radius 1 is 1.40 bits per heavy atom. The van der Waals surface area contributed by atoms with Gasteiger partial charge in [0.25, 0.3) is 0 Å². The predicted octanol–water partition coefficient (Wildman–Crippen LogP) is 2.15. The number of nitrogens with two attached hydrogens (primary N) is 1. The lowest BCUT2D eigenvalue weighted by atomic mass is 10.2. The normalized spacial score (nSPS) is 11.9. The predicted molar refractivity (Wildman–Crippen MR) is 66.3 cm³/mol. The van der Waals surface area contributed by atoms with Crippen LogP contribution in [0.25, 0.3) is 0 Å². The molecule has 0 bridgehead atoms. The Bertz CT molecular complexity index is 356. The van der Waals surface area contributed by atoms with E-state index >= 15 is 0 Å². The summed E-state index contributed by atoms with van der Waals surface area (Å²) in [6.07, 6.45) is 0. The van der Waals surface area contributed by atoms with Crippen molar-refractivity contribution in [1.29, 1.82) is 0 Å². The summed E-state index contributed by atoms with van der Waals surface area (Å²) in [6.45, 7) is 6.08. The lowest BCUT2D eigenvalue weighted by Gasteiger charge is -2.19. The molecule has 0 atom stereocenters. The van der Waals surface area contributed by atoms with Crippen LogP contribution in [0.5, 0.6) is 0 Å². The minimum atomic E-state index is 0.220. The first kappa shape index (κ1) is 11.6. The van der Waals surface area contributed by atoms with E-state index < -0.39 is 0 Å². The first-order valence-corrected chi connectivity index (χ1v) is 5.14. The zero-order chi connectivity index (χ0) is 11.4. The quantitative estimate of drug-likeness (QED) is 0.593. The molecule has 0 heterocycles. The van der Waals surface area contributed by atoms with Crippen LogP contribution in [0.15, 0.2) is 29.3 Å². The van der Waals surface area contributed by atoms with Crippen LogP contribution >= 0.6 is 0 Å². The van der Waals surface area contributed by atoms with Gasteiger partial charge in [-0.25, -0.2) is 0 Å². The SMILES string of the molecule is Cc1cccc(N(C)C(N)=NC(C)C)c1. The zero-order valence-corrected chi connectivity index (χ0v) is 9.86. The lowest BCUT2D eigenvalue weighted by molar-refractivity contribution is 0.828. The van der Waals surface area contributed by atoms with Crippen molar-refractivity contribution < 1.29 is 0 Å². The summed E-state index contributed by atoms with van der Waals surface area (Å²) in [5.41, 5.74) is 8.16. The molecule has 2 N–H and O–H groups in total. The molecule has 15 heavy (non-hydrogen) atoms. The van der Waals surface area contributed by atoms with E-state index in [1.807, 2.05) is 37.9 Å². The maximum absolute atomic E-state index is 5.88. The summed E-state index contributed by atoms with van der Waals surface area (Å²) in [4.78, 5) is 6.20. The van der Waals surface area contributed by atoms with Gasteiger partial charge in [-0.3, -0.25) is 4.99 Å². The molecule has 0 amide bonds. The Morgan fingerprint density at radius 2 is 2.07 bits per heavy atom. The molecule has 0 spiro atoms. The molecule has 0 aromatic heterocycles. The molecule has 1 aromatic carbocycles. The highest BCUT2D eigenvalue weighted by Gasteiger charge is 2.05. The van der Waals surface area contributed by atoms with Gasteiger partial charge in [0.2, 0.25) is 0 Å². The molecule has 1 rings (SSSR count). The number of rotatable bonds is 2. The summed E-state index contributed by atoms with van der Waals surface area (Å²) >= 11 is 0. The van der Waals surface area contributed by atoms with Crippen LogP contribution in [-0.4, -0.2) is 19.0 Å². The van der Waals surface area contributed by atoms with Gasteiger partial charge in [0.15, 0.2) is 5.96 Å². The van der Waals surface area contributed by atoms with Crippen molar-refractivity contribution in [2.75, 3.05) is 11.9 Å². The minimum absolute atomic E-state index is 0.220. The molecule has 0 radical (unpaired) electrons. The number of hydrogen-bond donors (Lipinski definition) is 1. The summed E-state index contributed by atoms with van der Waals surface area (Å²) in [7, 11) is 1.93. The van der Waals surface area contributed by atoms with E-state index in [1.165, 1.54) is 5.56 Å². The molecule has 0 aliphatic rings. The van der Waals surface area contributed by atoms with E-state index in [0.717, 1.165) is 5.69 Å². The summed E-state index contributed by atoms with van der Waals surface area (Å²) in [6, 6.07) is 8.41. The van der Waals surface area contributed by atoms with E-state index in [4.69, 9.17) is 5.73 Å². The van der Waals surface area contributed by atoms with Crippen molar-refractivity contribution in [2.24, 2.45) is 10.7 Å². The Kier molecular flexibility index (Phi) is 3.72. The zero-order valence-electron chi connectivity index (χ0n) is 9.86. The Hall–Kier alpha value is -1.51. The molecular formula is C12H19N3. The number of aliphatic imine (C=N–C) groups is 1. The molecule has 0 unspecified atom stereocenters. The van der Waals surface area contributed by atoms with Gasteiger partial charge in [0.05, 0.1) is 0 Å². The van der Waals surface area contributed by atoms with Crippen molar-refractivity contribution in [2.45, 2.75) is 26.8 Å². The van der Waals surface area contributed by atoms with Crippen LogP contribution in [0.1, 0.15) is 19.4 Å². The number of anilines is 1. The average Bonchev–Trinajstić information content (AvgIpc) is 2.15. The van der Waals surface area contributed by atoms with E-state index in [1.54, 1.807) is 0 Å². The minimum Gasteiger partial charge on any atom is -0.370 e. The molecule has 0 aliphatic carbocycles. The first-order chi connectivity index (χ1) is 7.00. The lowest BCUT2D eigenvalue weighted by Crippen LogP contribution is -2.34. The molecule has 0 aliphatic heterocycles. The molecular weight excluding hydrogens is 186 g/mol. The molecule has 0 saturated carbocycles. The van der Waals surface area contributed by atoms with Gasteiger partial charge < -0.3 is 10.6 Å². The van der Waals surface area contributed by atoms with Crippen molar-refractivity contribution in [3.63, 3.8) is 0 Å². The van der Waals surface area contributed by atoms with Crippen LogP contribution in [0.3, 0.4) is 0 Å². The van der Waals surface area contributed by atoms with E-state index in [0.29, 0.717) is 5.96 Å². The molecule has 82 valence electrons. The smallest absolute Gasteiger partial charge is 0.195 e. The summed E-state index contributed by atoms with van der Waals surface area (Å²) in [5, 5.41) is 0. The fourth-order valence-corrected chi connectivity index (χ4v) is 1.32. The molecule has 3 nitrogen and oxygen atoms in total. The van der Waals surface area contributed by atoms with Crippen LogP contribution < -0.4 is 10.6 Å². The van der Waals surface area contributed by atoms with Crippen molar-refractivity contribution in [3.8, 4) is 0 Å². The Morgan fingerprint density at radius 3 is 2.60 bits per heavy atom. The number of nitrogens with zero attached hydrogens (tertiary/aromatic N) is 2. The highest BCUT2D eigenvalue weighted by molar-refractivity contribution is 5.94. The highest BCUT2D eigenvalue weighted by atomic mass is 15.2. The molecule has 3 heteroatoms.